The van der Waals surface area contributed by atoms with E-state index >= 15 is 0 Å². The van der Waals surface area contributed by atoms with Gasteiger partial charge in [-0.25, -0.2) is 0 Å². The van der Waals surface area contributed by atoms with Crippen molar-refractivity contribution in [2.75, 3.05) is 5.32 Å². The molecule has 0 aliphatic rings. The van der Waals surface area contributed by atoms with Crippen molar-refractivity contribution in [3.8, 4) is 17.2 Å². The van der Waals surface area contributed by atoms with Gasteiger partial charge in [0.2, 0.25) is 0 Å². The van der Waals surface area contributed by atoms with Gasteiger partial charge in [-0.15, -0.1) is 0 Å². The van der Waals surface area contributed by atoms with E-state index in [2.05, 4.69) is 5.32 Å². The molecule has 0 bridgehead atoms. The van der Waals surface area contributed by atoms with Gasteiger partial charge in [0.15, 0.2) is 0 Å². The number of nitrogens with one attached hydrogen (secondary N) is 1. The van der Waals surface area contributed by atoms with E-state index < -0.39 is 0 Å². The number of para-hydroxylation sites is 1. The van der Waals surface area contributed by atoms with E-state index in [9.17, 15) is 0 Å². The Morgan fingerprint density at radius 3 is 2.06 bits per heavy atom. The molecule has 0 saturated heterocycles. The monoisotopic (exact) mass is 449 g/mol. The first-order valence-corrected chi connectivity index (χ1v) is 10.6. The molecule has 156 valence electrons. The van der Waals surface area contributed by atoms with Crippen LogP contribution in [0.5, 0.6) is 17.2 Å². The predicted octanol–water partition coefficient (Wildman–Crippen LogP) is 7.98. The smallest absolute Gasteiger partial charge is 0.127 e. The Balaban J connectivity index is 1.27. The van der Waals surface area contributed by atoms with Crippen LogP contribution in [-0.4, -0.2) is 0 Å². The molecule has 4 aromatic carbocycles. The molecule has 5 heteroatoms. The van der Waals surface area contributed by atoms with Crippen LogP contribution in [0.1, 0.15) is 11.1 Å². The molecule has 1 N–H and O–H groups in total. The molecule has 0 saturated carbocycles. The van der Waals surface area contributed by atoms with Crippen molar-refractivity contribution in [2.45, 2.75) is 13.2 Å². The lowest BCUT2D eigenvalue weighted by Crippen LogP contribution is -2.00. The minimum atomic E-state index is 0.394. The lowest BCUT2D eigenvalue weighted by Gasteiger charge is -2.11. The molecule has 4 rings (SSSR count). The largest absolute Gasteiger partial charge is 0.489 e. The molecule has 0 aliphatic heterocycles. The Hall–Kier alpha value is -3.14. The summed E-state index contributed by atoms with van der Waals surface area (Å²) < 4.78 is 11.7. The van der Waals surface area contributed by atoms with Crippen LogP contribution < -0.4 is 14.8 Å². The first kappa shape index (κ1) is 21.1. The first-order valence-electron chi connectivity index (χ1n) is 9.88. The molecule has 4 aromatic rings. The van der Waals surface area contributed by atoms with Crippen LogP contribution in [0, 0.1) is 0 Å². The van der Waals surface area contributed by atoms with Gasteiger partial charge in [0.25, 0.3) is 0 Å². The third-order valence-corrected chi connectivity index (χ3v) is 5.25. The SMILES string of the molecule is Clc1ccc(COc2ccc(CNc3ccc(Oc4ccccc4)cc3)cc2)c(Cl)c1. The molecule has 0 spiro atoms. The summed E-state index contributed by atoms with van der Waals surface area (Å²) in [6, 6.07) is 31.0. The van der Waals surface area contributed by atoms with Crippen LogP contribution >= 0.6 is 23.2 Å². The summed E-state index contributed by atoms with van der Waals surface area (Å²) in [6.07, 6.45) is 0. The van der Waals surface area contributed by atoms with Crippen molar-refractivity contribution < 1.29 is 9.47 Å². The zero-order valence-electron chi connectivity index (χ0n) is 16.7. The molecule has 0 heterocycles. The number of halogens is 2. The lowest BCUT2D eigenvalue weighted by molar-refractivity contribution is 0.306. The van der Waals surface area contributed by atoms with E-state index in [1.807, 2.05) is 84.9 Å². The van der Waals surface area contributed by atoms with Crippen LogP contribution in [-0.2, 0) is 13.2 Å². The summed E-state index contributed by atoms with van der Waals surface area (Å²) >= 11 is 12.1. The highest BCUT2D eigenvalue weighted by Crippen LogP contribution is 2.24. The van der Waals surface area contributed by atoms with Crippen molar-refractivity contribution >= 4 is 28.9 Å². The average molecular weight is 450 g/mol. The molecular weight excluding hydrogens is 429 g/mol. The molecule has 0 radical (unpaired) electrons. The highest BCUT2D eigenvalue weighted by atomic mass is 35.5. The summed E-state index contributed by atoms with van der Waals surface area (Å²) in [5.74, 6) is 2.42. The maximum atomic E-state index is 6.19. The molecule has 0 fully saturated rings. The van der Waals surface area contributed by atoms with Crippen LogP contribution in [0.2, 0.25) is 10.0 Å². The topological polar surface area (TPSA) is 30.5 Å². The van der Waals surface area contributed by atoms with Gasteiger partial charge in [-0.3, -0.25) is 0 Å². The quantitative estimate of drug-likeness (QED) is 0.295. The van der Waals surface area contributed by atoms with E-state index in [0.29, 0.717) is 23.2 Å². The number of anilines is 1. The second-order valence-corrected chi connectivity index (χ2v) is 7.81. The summed E-state index contributed by atoms with van der Waals surface area (Å²) in [4.78, 5) is 0. The van der Waals surface area contributed by atoms with Gasteiger partial charge in [0.1, 0.15) is 23.9 Å². The third kappa shape index (κ3) is 6.17. The van der Waals surface area contributed by atoms with Gasteiger partial charge < -0.3 is 14.8 Å². The Morgan fingerprint density at radius 1 is 0.677 bits per heavy atom. The minimum absolute atomic E-state index is 0.394. The Morgan fingerprint density at radius 2 is 1.35 bits per heavy atom. The fourth-order valence-electron chi connectivity index (χ4n) is 2.97. The summed E-state index contributed by atoms with van der Waals surface area (Å²) in [6.45, 7) is 1.10. The highest BCUT2D eigenvalue weighted by Gasteiger charge is 2.03. The fourth-order valence-corrected chi connectivity index (χ4v) is 3.44. The predicted molar refractivity (Wildman–Crippen MR) is 128 cm³/mol. The van der Waals surface area contributed by atoms with E-state index in [1.165, 1.54) is 0 Å². The molecule has 0 aromatic heterocycles. The van der Waals surface area contributed by atoms with Gasteiger partial charge in [-0.2, -0.15) is 0 Å². The maximum Gasteiger partial charge on any atom is 0.127 e. The molecular formula is C26H21Cl2NO2. The number of hydrogen-bond donors (Lipinski definition) is 1. The van der Waals surface area contributed by atoms with Gasteiger partial charge in [-0.1, -0.05) is 59.6 Å². The van der Waals surface area contributed by atoms with Crippen molar-refractivity contribution in [3.63, 3.8) is 0 Å². The number of benzene rings is 4. The second kappa shape index (κ2) is 10.3. The Labute approximate surface area is 192 Å². The minimum Gasteiger partial charge on any atom is -0.489 e. The summed E-state index contributed by atoms with van der Waals surface area (Å²) in [5.41, 5.74) is 3.08. The molecule has 31 heavy (non-hydrogen) atoms. The average Bonchev–Trinajstić information content (AvgIpc) is 2.79. The van der Waals surface area contributed by atoms with Crippen LogP contribution in [0.25, 0.3) is 0 Å². The molecule has 0 atom stereocenters. The van der Waals surface area contributed by atoms with Gasteiger partial charge >= 0.3 is 0 Å². The summed E-state index contributed by atoms with van der Waals surface area (Å²) in [7, 11) is 0. The van der Waals surface area contributed by atoms with E-state index in [0.717, 1.165) is 34.1 Å². The number of ether oxygens (including phenoxy) is 2. The standard InChI is InChI=1S/C26H21Cl2NO2/c27-21-9-8-20(26(28)16-21)18-30-23-12-6-19(7-13-23)17-29-22-10-14-25(15-11-22)31-24-4-2-1-3-5-24/h1-16,29H,17-18H2. The van der Waals surface area contributed by atoms with Crippen molar-refractivity contribution in [3.05, 3.63) is 118 Å². The van der Waals surface area contributed by atoms with Gasteiger partial charge in [-0.05, 0) is 66.2 Å². The molecule has 0 unspecified atom stereocenters. The lowest BCUT2D eigenvalue weighted by atomic mass is 10.2. The summed E-state index contributed by atoms with van der Waals surface area (Å²) in [5, 5.41) is 4.64. The molecule has 0 aliphatic carbocycles. The molecule has 3 nitrogen and oxygen atoms in total. The van der Waals surface area contributed by atoms with E-state index in [4.69, 9.17) is 32.7 Å². The van der Waals surface area contributed by atoms with Crippen LogP contribution in [0.15, 0.2) is 97.1 Å². The van der Waals surface area contributed by atoms with Crippen molar-refractivity contribution in [2.24, 2.45) is 0 Å². The Kier molecular flexibility index (Phi) is 6.98. The van der Waals surface area contributed by atoms with E-state index in [-0.39, 0.29) is 0 Å². The zero-order valence-corrected chi connectivity index (χ0v) is 18.2. The van der Waals surface area contributed by atoms with Crippen molar-refractivity contribution in [1.29, 1.82) is 0 Å². The van der Waals surface area contributed by atoms with Gasteiger partial charge in [0.05, 0.1) is 0 Å². The first-order chi connectivity index (χ1) is 15.2. The van der Waals surface area contributed by atoms with Gasteiger partial charge in [0, 0.05) is 27.8 Å². The van der Waals surface area contributed by atoms with Crippen molar-refractivity contribution in [1.82, 2.24) is 0 Å². The normalized spacial score (nSPS) is 10.5. The number of hydrogen-bond acceptors (Lipinski definition) is 3. The maximum absolute atomic E-state index is 6.19. The van der Waals surface area contributed by atoms with E-state index in [1.54, 1.807) is 12.1 Å². The zero-order chi connectivity index (χ0) is 21.5. The Bertz CT molecular complexity index is 1110. The third-order valence-electron chi connectivity index (χ3n) is 4.66. The second-order valence-electron chi connectivity index (χ2n) is 6.96. The number of rotatable bonds is 8. The van der Waals surface area contributed by atoms with Crippen LogP contribution in [0.3, 0.4) is 0 Å². The van der Waals surface area contributed by atoms with Crippen LogP contribution in [0.4, 0.5) is 5.69 Å². The fraction of sp³-hybridized carbons (Fsp3) is 0.0769. The molecule has 0 amide bonds. The highest BCUT2D eigenvalue weighted by molar-refractivity contribution is 6.35.